The van der Waals surface area contributed by atoms with E-state index in [4.69, 9.17) is 2.74 Å². The molecular formula is C18H25NSi. The number of rotatable bonds is 3. The average Bonchev–Trinajstić information content (AvgIpc) is 2.46. The summed E-state index contributed by atoms with van der Waals surface area (Å²) in [4.78, 5) is 4.59. The summed E-state index contributed by atoms with van der Waals surface area (Å²) < 4.78 is 17.3. The molecule has 0 bridgehead atoms. The summed E-state index contributed by atoms with van der Waals surface area (Å²) in [6.07, 6.45) is 0.518. The number of aromatic nitrogens is 1. The van der Waals surface area contributed by atoms with Crippen molar-refractivity contribution in [1.29, 1.82) is 0 Å². The van der Waals surface area contributed by atoms with E-state index in [-0.39, 0.29) is 0 Å². The summed E-state index contributed by atoms with van der Waals surface area (Å²) in [5.74, 6) is 0. The highest BCUT2D eigenvalue weighted by Gasteiger charge is 2.17. The third-order valence-electron chi connectivity index (χ3n) is 3.14. The fourth-order valence-electron chi connectivity index (χ4n) is 2.21. The van der Waals surface area contributed by atoms with Crippen LogP contribution in [0.1, 0.15) is 29.1 Å². The Morgan fingerprint density at radius 2 is 1.80 bits per heavy atom. The second kappa shape index (κ2) is 5.92. The van der Waals surface area contributed by atoms with Gasteiger partial charge in [-0.3, -0.25) is 4.98 Å². The van der Waals surface area contributed by atoms with Crippen molar-refractivity contribution in [1.82, 2.24) is 4.98 Å². The van der Waals surface area contributed by atoms with Gasteiger partial charge in [0, 0.05) is 14.5 Å². The molecule has 0 aliphatic rings. The molecule has 0 N–H and O–H groups in total. The number of nitrogens with zero attached hydrogens (tertiary/aromatic N) is 1. The van der Waals surface area contributed by atoms with Gasteiger partial charge in [-0.05, 0) is 28.6 Å². The van der Waals surface area contributed by atoms with Crippen molar-refractivity contribution in [2.24, 2.45) is 5.41 Å². The Labute approximate surface area is 127 Å². The highest BCUT2D eigenvalue weighted by molar-refractivity contribution is 6.71. The third kappa shape index (κ3) is 3.79. The van der Waals surface area contributed by atoms with Crippen LogP contribution in [0.15, 0.2) is 42.6 Å². The van der Waals surface area contributed by atoms with E-state index >= 15 is 0 Å². The Kier molecular flexibility index (Phi) is 3.65. The minimum absolute atomic E-state index is 0.458. The van der Waals surface area contributed by atoms with E-state index in [1.807, 2.05) is 63.4 Å². The van der Waals surface area contributed by atoms with E-state index in [0.29, 0.717) is 0 Å². The number of pyridine rings is 1. The largest absolute Gasteiger partial charge is 0.256 e. The number of hydrogen-bond donors (Lipinski definition) is 0. The molecule has 0 radical (unpaired) electrons. The molecule has 0 aliphatic carbocycles. The Hall–Kier alpha value is -1.41. The first kappa shape index (κ1) is 12.3. The van der Waals surface area contributed by atoms with Gasteiger partial charge < -0.3 is 0 Å². The van der Waals surface area contributed by atoms with Crippen molar-refractivity contribution < 1.29 is 2.74 Å². The molecule has 106 valence electrons. The summed E-state index contributed by atoms with van der Waals surface area (Å²) in [6.45, 7) is 10.3. The normalized spacial score (nSPS) is 14.1. The lowest BCUT2D eigenvalue weighted by Crippen LogP contribution is -2.29. The van der Waals surface area contributed by atoms with Crippen molar-refractivity contribution in [3.8, 4) is 11.3 Å². The zero-order chi connectivity index (χ0) is 16.5. The molecular weight excluding hydrogens is 258 g/mol. The van der Waals surface area contributed by atoms with Gasteiger partial charge in [0.2, 0.25) is 0 Å². The van der Waals surface area contributed by atoms with E-state index < -0.39 is 20.6 Å². The second-order valence-corrected chi connectivity index (χ2v) is 9.48. The molecule has 20 heavy (non-hydrogen) atoms. The van der Waals surface area contributed by atoms with E-state index in [2.05, 4.69) is 18.1 Å². The summed E-state index contributed by atoms with van der Waals surface area (Å²) >= 11 is 0. The molecule has 0 spiro atoms. The average molecular weight is 286 g/mol. The molecule has 1 aromatic heterocycles. The molecule has 0 unspecified atom stereocenters. The second-order valence-electron chi connectivity index (χ2n) is 6.55. The molecule has 0 aliphatic heterocycles. The van der Waals surface area contributed by atoms with Crippen molar-refractivity contribution in [2.75, 3.05) is 0 Å². The minimum Gasteiger partial charge on any atom is -0.256 e. The molecule has 0 amide bonds. The SMILES string of the molecule is [2H]C([2H])(c1cc(-c2ccccc2)ncc1[SiH](C)C)C(C)(C)C. The molecule has 1 nitrogen and oxygen atoms in total. The maximum atomic E-state index is 8.67. The Morgan fingerprint density at radius 1 is 1.15 bits per heavy atom. The van der Waals surface area contributed by atoms with Crippen LogP contribution < -0.4 is 5.19 Å². The monoisotopic (exact) mass is 285 g/mol. The van der Waals surface area contributed by atoms with Crippen LogP contribution in [0, 0.1) is 5.41 Å². The topological polar surface area (TPSA) is 12.9 Å². The molecule has 0 saturated carbocycles. The smallest absolute Gasteiger partial charge is 0.0704 e. The summed E-state index contributed by atoms with van der Waals surface area (Å²) in [6, 6.07) is 12.0. The quantitative estimate of drug-likeness (QED) is 0.776. The van der Waals surface area contributed by atoms with Crippen molar-refractivity contribution in [2.45, 2.75) is 40.2 Å². The Morgan fingerprint density at radius 3 is 2.35 bits per heavy atom. The van der Waals surface area contributed by atoms with E-state index in [1.165, 1.54) is 0 Å². The highest BCUT2D eigenvalue weighted by Crippen LogP contribution is 2.23. The Balaban J connectivity index is 2.64. The van der Waals surface area contributed by atoms with Gasteiger partial charge in [-0.15, -0.1) is 0 Å². The number of hydrogen-bond acceptors (Lipinski definition) is 1. The number of benzene rings is 1. The minimum atomic E-state index is -1.38. The van der Waals surface area contributed by atoms with Gasteiger partial charge in [-0.25, -0.2) is 0 Å². The van der Waals surface area contributed by atoms with Gasteiger partial charge in [-0.1, -0.05) is 64.2 Å². The predicted octanol–water partition coefficient (Wildman–Crippen LogP) is 4.03. The van der Waals surface area contributed by atoms with Gasteiger partial charge in [0.15, 0.2) is 0 Å². The van der Waals surface area contributed by atoms with Crippen LogP contribution in [0.3, 0.4) is 0 Å². The molecule has 0 saturated heterocycles. The maximum absolute atomic E-state index is 8.67. The van der Waals surface area contributed by atoms with E-state index in [0.717, 1.165) is 22.0 Å². The van der Waals surface area contributed by atoms with Crippen LogP contribution >= 0.6 is 0 Å². The van der Waals surface area contributed by atoms with Crippen molar-refractivity contribution in [3.05, 3.63) is 48.2 Å². The molecule has 2 rings (SSSR count). The molecule has 1 aromatic carbocycles. The Bertz CT molecular complexity index is 646. The van der Waals surface area contributed by atoms with Crippen LogP contribution in [0.25, 0.3) is 11.3 Å². The van der Waals surface area contributed by atoms with Gasteiger partial charge in [0.05, 0.1) is 14.5 Å². The standard InChI is InChI=1S/C18H25NSi/c1-18(2,3)12-15-11-16(14-9-7-6-8-10-14)19-13-17(15)20(4)5/h6-11,13,20H,12H2,1-5H3/i12D2. The van der Waals surface area contributed by atoms with E-state index in [1.54, 1.807) is 0 Å². The fourth-order valence-corrected chi connectivity index (χ4v) is 3.36. The van der Waals surface area contributed by atoms with Crippen molar-refractivity contribution >= 4 is 14.0 Å². The summed E-state index contributed by atoms with van der Waals surface area (Å²) in [5, 5.41) is 1.12. The van der Waals surface area contributed by atoms with Gasteiger partial charge in [0.1, 0.15) is 0 Å². The highest BCUT2D eigenvalue weighted by atomic mass is 28.3. The first-order valence-corrected chi connectivity index (χ1v) is 10.1. The van der Waals surface area contributed by atoms with Crippen LogP contribution in [0.2, 0.25) is 13.1 Å². The zero-order valence-corrected chi connectivity index (χ0v) is 14.2. The fraction of sp³-hybridized carbons (Fsp3) is 0.389. The van der Waals surface area contributed by atoms with E-state index in [9.17, 15) is 0 Å². The third-order valence-corrected chi connectivity index (χ3v) is 4.84. The lowest BCUT2D eigenvalue weighted by Gasteiger charge is -2.22. The zero-order valence-electron chi connectivity index (χ0n) is 15.1. The molecule has 1 heterocycles. The lowest BCUT2D eigenvalue weighted by molar-refractivity contribution is 0.412. The summed E-state index contributed by atoms with van der Waals surface area (Å²) in [7, 11) is -1.16. The van der Waals surface area contributed by atoms with Crippen LogP contribution in [0.5, 0.6) is 0 Å². The van der Waals surface area contributed by atoms with Gasteiger partial charge in [-0.2, -0.15) is 0 Å². The van der Waals surface area contributed by atoms with Crippen LogP contribution in [-0.4, -0.2) is 13.8 Å². The van der Waals surface area contributed by atoms with Crippen LogP contribution in [-0.2, 0) is 6.37 Å². The van der Waals surface area contributed by atoms with Gasteiger partial charge in [0.25, 0.3) is 0 Å². The first-order chi connectivity index (χ1) is 10.1. The molecule has 2 heteroatoms. The lowest BCUT2D eigenvalue weighted by atomic mass is 9.88. The van der Waals surface area contributed by atoms with Crippen molar-refractivity contribution in [3.63, 3.8) is 0 Å². The molecule has 0 atom stereocenters. The maximum Gasteiger partial charge on any atom is 0.0704 e. The van der Waals surface area contributed by atoms with Crippen LogP contribution in [0.4, 0.5) is 0 Å². The molecule has 0 fully saturated rings. The first-order valence-electron chi connectivity index (χ1n) is 8.20. The molecule has 2 aromatic rings. The predicted molar refractivity (Wildman–Crippen MR) is 91.3 cm³/mol. The summed E-state index contributed by atoms with van der Waals surface area (Å²) in [5.41, 5.74) is 2.24. The van der Waals surface area contributed by atoms with Gasteiger partial charge >= 0.3 is 0 Å².